The number of nitrogens with zero attached hydrogens (tertiary/aromatic N) is 1. The lowest BCUT2D eigenvalue weighted by Crippen LogP contribution is -3.08. The third-order valence-electron chi connectivity index (χ3n) is 3.56. The maximum Gasteiger partial charge on any atom is 0.387 e. The van der Waals surface area contributed by atoms with Crippen molar-refractivity contribution in [1.82, 2.24) is 10.2 Å². The number of likely N-dealkylation sites (N-methyl/N-ethyl adjacent to an activating group) is 1. The number of urea groups is 1. The number of benzene rings is 1. The first-order chi connectivity index (χ1) is 11.4. The maximum atomic E-state index is 12.3. The first kappa shape index (κ1) is 17.9. The molecule has 0 saturated carbocycles. The van der Waals surface area contributed by atoms with Gasteiger partial charge < -0.3 is 19.7 Å². The number of methoxy groups -OCH3 is 1. The lowest BCUT2D eigenvalue weighted by molar-refractivity contribution is -0.885. The predicted molar refractivity (Wildman–Crippen MR) is 80.2 cm³/mol. The SMILES string of the molecule is COc1cc(C[NH+](C)CC(=O)N2CCNC2=O)ccc1OC(F)F. The van der Waals surface area contributed by atoms with Crippen molar-refractivity contribution < 1.29 is 32.7 Å². The van der Waals surface area contributed by atoms with E-state index in [-0.39, 0.29) is 30.0 Å². The molecule has 0 spiro atoms. The molecule has 2 rings (SSSR count). The van der Waals surface area contributed by atoms with Crippen molar-refractivity contribution in [3.05, 3.63) is 23.8 Å². The number of amides is 3. The molecule has 0 bridgehead atoms. The van der Waals surface area contributed by atoms with Gasteiger partial charge in [0.15, 0.2) is 18.0 Å². The Morgan fingerprint density at radius 3 is 2.75 bits per heavy atom. The first-order valence-electron chi connectivity index (χ1n) is 7.42. The highest BCUT2D eigenvalue weighted by atomic mass is 19.3. The van der Waals surface area contributed by atoms with Crippen molar-refractivity contribution in [3.63, 3.8) is 0 Å². The Hall–Kier alpha value is -2.42. The molecule has 0 radical (unpaired) electrons. The van der Waals surface area contributed by atoms with E-state index in [4.69, 9.17) is 4.74 Å². The summed E-state index contributed by atoms with van der Waals surface area (Å²) in [5, 5.41) is 2.58. The van der Waals surface area contributed by atoms with Crippen LogP contribution >= 0.6 is 0 Å². The summed E-state index contributed by atoms with van der Waals surface area (Å²) in [5.41, 5.74) is 0.796. The van der Waals surface area contributed by atoms with Crippen molar-refractivity contribution in [1.29, 1.82) is 0 Å². The minimum absolute atomic E-state index is 0.0429. The van der Waals surface area contributed by atoms with Crippen LogP contribution in [0.1, 0.15) is 5.56 Å². The number of rotatable bonds is 7. The summed E-state index contributed by atoms with van der Waals surface area (Å²) in [4.78, 5) is 25.6. The van der Waals surface area contributed by atoms with Crippen LogP contribution in [0.4, 0.5) is 13.6 Å². The third-order valence-corrected chi connectivity index (χ3v) is 3.56. The highest BCUT2D eigenvalue weighted by Crippen LogP contribution is 2.29. The minimum Gasteiger partial charge on any atom is -0.493 e. The number of imide groups is 1. The van der Waals surface area contributed by atoms with Crippen molar-refractivity contribution in [2.75, 3.05) is 33.8 Å². The topological polar surface area (TPSA) is 72.3 Å². The van der Waals surface area contributed by atoms with E-state index in [2.05, 4.69) is 10.1 Å². The average Bonchev–Trinajstić information content (AvgIpc) is 2.94. The Kier molecular flexibility index (Phi) is 5.91. The molecule has 3 amide bonds. The molecule has 9 heteroatoms. The molecule has 1 heterocycles. The van der Waals surface area contributed by atoms with Crippen molar-refractivity contribution in [3.8, 4) is 11.5 Å². The normalized spacial score (nSPS) is 15.4. The lowest BCUT2D eigenvalue weighted by atomic mass is 10.2. The van der Waals surface area contributed by atoms with E-state index in [9.17, 15) is 18.4 Å². The number of hydrogen-bond acceptors (Lipinski definition) is 4. The molecule has 2 N–H and O–H groups in total. The number of nitrogens with one attached hydrogen (secondary N) is 2. The molecule has 1 aromatic rings. The lowest BCUT2D eigenvalue weighted by Gasteiger charge is -2.18. The third kappa shape index (κ3) is 4.54. The van der Waals surface area contributed by atoms with E-state index in [0.29, 0.717) is 19.6 Å². The van der Waals surface area contributed by atoms with Gasteiger partial charge in [-0.1, -0.05) is 0 Å². The van der Waals surface area contributed by atoms with Gasteiger partial charge in [0, 0.05) is 18.7 Å². The first-order valence-corrected chi connectivity index (χ1v) is 7.42. The Balaban J connectivity index is 1.97. The molecule has 1 unspecified atom stereocenters. The van der Waals surface area contributed by atoms with Crippen LogP contribution in [-0.2, 0) is 11.3 Å². The molecule has 1 atom stereocenters. The van der Waals surface area contributed by atoms with Crippen LogP contribution in [0.2, 0.25) is 0 Å². The summed E-state index contributed by atoms with van der Waals surface area (Å²) >= 11 is 0. The molecule has 1 aromatic carbocycles. The monoisotopic (exact) mass is 344 g/mol. The number of ether oxygens (including phenoxy) is 2. The van der Waals surface area contributed by atoms with Crippen LogP contribution in [0.15, 0.2) is 18.2 Å². The van der Waals surface area contributed by atoms with Crippen LogP contribution in [0.25, 0.3) is 0 Å². The van der Waals surface area contributed by atoms with Crippen LogP contribution in [0.5, 0.6) is 11.5 Å². The zero-order valence-electron chi connectivity index (χ0n) is 13.5. The molecular weight excluding hydrogens is 324 g/mol. The summed E-state index contributed by atoms with van der Waals surface area (Å²) in [6.07, 6.45) is 0. The summed E-state index contributed by atoms with van der Waals surface area (Å²) in [6.45, 7) is -1.48. The highest BCUT2D eigenvalue weighted by Gasteiger charge is 2.28. The summed E-state index contributed by atoms with van der Waals surface area (Å²) in [7, 11) is 3.17. The standard InChI is InChI=1S/C15H19F2N3O4/c1-19(9-13(21)20-6-5-18-15(20)22)8-10-3-4-11(24-14(16)17)12(7-10)23-2/h3-4,7,14H,5-6,8-9H2,1-2H3,(H,18,22)/p+1. The fraction of sp³-hybridized carbons (Fsp3) is 0.467. The van der Waals surface area contributed by atoms with E-state index in [1.165, 1.54) is 18.1 Å². The van der Waals surface area contributed by atoms with Gasteiger partial charge in [0.25, 0.3) is 5.91 Å². The summed E-state index contributed by atoms with van der Waals surface area (Å²) < 4.78 is 34.0. The minimum atomic E-state index is -2.93. The van der Waals surface area contributed by atoms with Gasteiger partial charge in [-0.05, 0) is 18.2 Å². The zero-order valence-corrected chi connectivity index (χ0v) is 13.5. The highest BCUT2D eigenvalue weighted by molar-refractivity contribution is 5.96. The van der Waals surface area contributed by atoms with Crippen molar-refractivity contribution in [2.24, 2.45) is 0 Å². The molecule has 0 aliphatic carbocycles. The quantitative estimate of drug-likeness (QED) is 0.722. The number of quaternary nitrogens is 1. The molecule has 1 fully saturated rings. The van der Waals surface area contributed by atoms with E-state index >= 15 is 0 Å². The summed E-state index contributed by atoms with van der Waals surface area (Å²) in [6, 6.07) is 4.26. The molecular formula is C15H20F2N3O4+. The Morgan fingerprint density at radius 2 is 2.17 bits per heavy atom. The molecule has 24 heavy (non-hydrogen) atoms. The zero-order chi connectivity index (χ0) is 17.7. The molecule has 0 aromatic heterocycles. The van der Waals surface area contributed by atoms with Crippen molar-refractivity contribution in [2.45, 2.75) is 13.2 Å². The van der Waals surface area contributed by atoms with Gasteiger partial charge in [-0.2, -0.15) is 8.78 Å². The average molecular weight is 344 g/mol. The number of carbonyl (C=O) groups is 2. The largest absolute Gasteiger partial charge is 0.493 e. The molecule has 1 aliphatic rings. The van der Waals surface area contributed by atoms with Gasteiger partial charge in [0.2, 0.25) is 0 Å². The summed E-state index contributed by atoms with van der Waals surface area (Å²) in [5.74, 6) is -0.100. The second-order valence-corrected chi connectivity index (χ2v) is 5.45. The van der Waals surface area contributed by atoms with Gasteiger partial charge in [0.05, 0.1) is 14.2 Å². The molecule has 132 valence electrons. The van der Waals surface area contributed by atoms with E-state index in [0.717, 1.165) is 10.5 Å². The number of alkyl halides is 2. The second kappa shape index (κ2) is 7.91. The van der Waals surface area contributed by atoms with Gasteiger partial charge >= 0.3 is 12.6 Å². The Morgan fingerprint density at radius 1 is 1.42 bits per heavy atom. The predicted octanol–water partition coefficient (Wildman–Crippen LogP) is -0.137. The van der Waals surface area contributed by atoms with Crippen LogP contribution in [0, 0.1) is 0 Å². The fourth-order valence-corrected chi connectivity index (χ4v) is 2.49. The van der Waals surface area contributed by atoms with Gasteiger partial charge in [-0.25, -0.2) is 4.79 Å². The van der Waals surface area contributed by atoms with Gasteiger partial charge in [0.1, 0.15) is 6.54 Å². The van der Waals surface area contributed by atoms with Crippen LogP contribution < -0.4 is 19.7 Å². The number of hydrogen-bond donors (Lipinski definition) is 2. The van der Waals surface area contributed by atoms with Crippen LogP contribution in [-0.4, -0.2) is 57.2 Å². The fourth-order valence-electron chi connectivity index (χ4n) is 2.49. The second-order valence-electron chi connectivity index (χ2n) is 5.45. The van der Waals surface area contributed by atoms with E-state index < -0.39 is 6.61 Å². The molecule has 1 saturated heterocycles. The smallest absolute Gasteiger partial charge is 0.387 e. The Labute approximate surface area is 138 Å². The van der Waals surface area contributed by atoms with Crippen LogP contribution in [0.3, 0.4) is 0 Å². The van der Waals surface area contributed by atoms with E-state index in [1.54, 1.807) is 12.1 Å². The number of carbonyl (C=O) groups excluding carboxylic acids is 2. The molecule has 7 nitrogen and oxygen atoms in total. The molecule has 1 aliphatic heterocycles. The maximum absolute atomic E-state index is 12.3. The van der Waals surface area contributed by atoms with Gasteiger partial charge in [-0.15, -0.1) is 0 Å². The number of halogens is 2. The van der Waals surface area contributed by atoms with Crippen molar-refractivity contribution >= 4 is 11.9 Å². The van der Waals surface area contributed by atoms with E-state index in [1.807, 2.05) is 7.05 Å². The Bertz CT molecular complexity index is 612. The van der Waals surface area contributed by atoms with Gasteiger partial charge in [-0.3, -0.25) is 9.69 Å².